The molecule has 1 aliphatic rings. The third-order valence-corrected chi connectivity index (χ3v) is 3.87. The van der Waals surface area contributed by atoms with Crippen LogP contribution in [0, 0.1) is 6.92 Å². The molecule has 0 fully saturated rings. The van der Waals surface area contributed by atoms with E-state index in [4.69, 9.17) is 4.74 Å². The molecule has 8 nitrogen and oxygen atoms in total. The summed E-state index contributed by atoms with van der Waals surface area (Å²) in [5.74, 6) is -1.38. The van der Waals surface area contributed by atoms with Crippen molar-refractivity contribution in [2.45, 2.75) is 13.8 Å². The van der Waals surface area contributed by atoms with E-state index >= 15 is 0 Å². The van der Waals surface area contributed by atoms with E-state index in [9.17, 15) is 14.4 Å². The van der Waals surface area contributed by atoms with E-state index in [-0.39, 0.29) is 12.5 Å². The predicted octanol–water partition coefficient (Wildman–Crippen LogP) is 1.80. The van der Waals surface area contributed by atoms with Crippen LogP contribution in [-0.2, 0) is 14.4 Å². The van der Waals surface area contributed by atoms with E-state index in [0.29, 0.717) is 28.4 Å². The Bertz CT molecular complexity index is 935. The van der Waals surface area contributed by atoms with Crippen molar-refractivity contribution in [1.82, 2.24) is 5.43 Å². The molecule has 0 aromatic heterocycles. The molecule has 0 radical (unpaired) electrons. The third kappa shape index (κ3) is 4.49. The highest BCUT2D eigenvalue weighted by atomic mass is 16.5. The number of carbonyl (C=O) groups is 3. The van der Waals surface area contributed by atoms with Crippen molar-refractivity contribution in [2.75, 3.05) is 17.2 Å². The van der Waals surface area contributed by atoms with Crippen LogP contribution in [0.1, 0.15) is 18.1 Å². The zero-order valence-electron chi connectivity index (χ0n) is 14.8. The number of ether oxygens (including phenoxy) is 1. The molecule has 0 spiro atoms. The van der Waals surface area contributed by atoms with Crippen molar-refractivity contribution >= 4 is 34.8 Å². The van der Waals surface area contributed by atoms with Gasteiger partial charge in [-0.3, -0.25) is 14.4 Å². The first kappa shape index (κ1) is 18.1. The van der Waals surface area contributed by atoms with Gasteiger partial charge in [-0.1, -0.05) is 17.7 Å². The van der Waals surface area contributed by atoms with Gasteiger partial charge in [-0.15, -0.1) is 0 Å². The van der Waals surface area contributed by atoms with Crippen LogP contribution < -0.4 is 20.8 Å². The zero-order valence-corrected chi connectivity index (χ0v) is 14.8. The van der Waals surface area contributed by atoms with Crippen molar-refractivity contribution < 1.29 is 19.1 Å². The van der Waals surface area contributed by atoms with E-state index in [1.54, 1.807) is 37.3 Å². The van der Waals surface area contributed by atoms with Gasteiger partial charge in [-0.2, -0.15) is 5.10 Å². The van der Waals surface area contributed by atoms with Gasteiger partial charge in [0.1, 0.15) is 5.75 Å². The van der Waals surface area contributed by atoms with E-state index < -0.39 is 11.8 Å². The Morgan fingerprint density at radius 1 is 1.11 bits per heavy atom. The normalized spacial score (nSPS) is 13.1. The van der Waals surface area contributed by atoms with E-state index in [1.807, 2.05) is 19.1 Å². The fraction of sp³-hybridized carbons (Fsp3) is 0.158. The van der Waals surface area contributed by atoms with Crippen LogP contribution in [0.15, 0.2) is 47.6 Å². The third-order valence-electron chi connectivity index (χ3n) is 3.87. The molecule has 0 atom stereocenters. The van der Waals surface area contributed by atoms with Crippen LogP contribution in [0.5, 0.6) is 5.75 Å². The number of nitrogens with one attached hydrogen (secondary N) is 3. The molecular formula is C19H18N4O4. The molecule has 27 heavy (non-hydrogen) atoms. The largest absolute Gasteiger partial charge is 0.482 e. The molecule has 2 aromatic carbocycles. The van der Waals surface area contributed by atoms with E-state index in [2.05, 4.69) is 21.2 Å². The molecule has 1 aliphatic heterocycles. The van der Waals surface area contributed by atoms with Crippen molar-refractivity contribution in [1.29, 1.82) is 0 Å². The first-order chi connectivity index (χ1) is 12.9. The lowest BCUT2D eigenvalue weighted by molar-refractivity contribution is -0.136. The van der Waals surface area contributed by atoms with Gasteiger partial charge in [0.25, 0.3) is 5.91 Å². The Kier molecular flexibility index (Phi) is 5.16. The van der Waals surface area contributed by atoms with Crippen molar-refractivity contribution in [3.05, 3.63) is 53.6 Å². The summed E-state index contributed by atoms with van der Waals surface area (Å²) in [5, 5.41) is 9.13. The Morgan fingerprint density at radius 3 is 2.59 bits per heavy atom. The topological polar surface area (TPSA) is 109 Å². The molecule has 0 saturated carbocycles. The predicted molar refractivity (Wildman–Crippen MR) is 101 cm³/mol. The average molecular weight is 366 g/mol. The molecule has 0 bridgehead atoms. The van der Waals surface area contributed by atoms with Gasteiger partial charge >= 0.3 is 11.8 Å². The van der Waals surface area contributed by atoms with Crippen LogP contribution in [0.3, 0.4) is 0 Å². The van der Waals surface area contributed by atoms with Crippen LogP contribution >= 0.6 is 0 Å². The molecule has 138 valence electrons. The van der Waals surface area contributed by atoms with Crippen molar-refractivity contribution in [3.8, 4) is 5.75 Å². The fourth-order valence-electron chi connectivity index (χ4n) is 2.38. The van der Waals surface area contributed by atoms with Crippen molar-refractivity contribution in [2.24, 2.45) is 5.10 Å². The highest BCUT2D eigenvalue weighted by molar-refractivity contribution is 6.39. The molecule has 3 amide bonds. The number of anilines is 2. The molecule has 3 rings (SSSR count). The molecule has 1 heterocycles. The van der Waals surface area contributed by atoms with E-state index in [1.165, 1.54) is 0 Å². The van der Waals surface area contributed by atoms with E-state index in [0.717, 1.165) is 5.56 Å². The molecule has 0 aliphatic carbocycles. The minimum atomic E-state index is -0.885. The minimum absolute atomic E-state index is 0.0223. The second-order valence-corrected chi connectivity index (χ2v) is 6.01. The van der Waals surface area contributed by atoms with Gasteiger partial charge in [0, 0.05) is 5.69 Å². The first-order valence-corrected chi connectivity index (χ1v) is 8.22. The second-order valence-electron chi connectivity index (χ2n) is 6.01. The SMILES string of the molecule is C/C(=N/NC(=O)C(=O)Nc1ccc(C)cc1)c1ccc2c(c1)NC(=O)CO2. The number of hydrazone groups is 1. The first-order valence-electron chi connectivity index (χ1n) is 8.22. The number of amides is 3. The molecule has 0 unspecified atom stereocenters. The lowest BCUT2D eigenvalue weighted by Crippen LogP contribution is -2.33. The van der Waals surface area contributed by atoms with Gasteiger partial charge in [0.05, 0.1) is 11.4 Å². The highest BCUT2D eigenvalue weighted by Gasteiger charge is 2.17. The number of benzene rings is 2. The second kappa shape index (κ2) is 7.69. The maximum atomic E-state index is 11.9. The van der Waals surface area contributed by atoms with Gasteiger partial charge in [-0.25, -0.2) is 5.43 Å². The maximum Gasteiger partial charge on any atom is 0.329 e. The Balaban J connectivity index is 1.63. The lowest BCUT2D eigenvalue weighted by Gasteiger charge is -2.18. The van der Waals surface area contributed by atoms with Crippen LogP contribution in [0.2, 0.25) is 0 Å². The summed E-state index contributed by atoms with van der Waals surface area (Å²) in [5.41, 5.74) is 5.45. The molecule has 2 aromatic rings. The maximum absolute atomic E-state index is 11.9. The summed E-state index contributed by atoms with van der Waals surface area (Å²) in [4.78, 5) is 35.2. The van der Waals surface area contributed by atoms with Crippen LogP contribution in [-0.4, -0.2) is 30.0 Å². The summed E-state index contributed by atoms with van der Waals surface area (Å²) >= 11 is 0. The number of hydrogen-bond acceptors (Lipinski definition) is 5. The number of hydrogen-bond donors (Lipinski definition) is 3. The molecule has 8 heteroatoms. The average Bonchev–Trinajstić information content (AvgIpc) is 2.66. The smallest absolute Gasteiger partial charge is 0.329 e. The van der Waals surface area contributed by atoms with Gasteiger partial charge < -0.3 is 15.4 Å². The van der Waals surface area contributed by atoms with Crippen molar-refractivity contribution in [3.63, 3.8) is 0 Å². The number of aryl methyl sites for hydroxylation is 1. The summed E-state index contributed by atoms with van der Waals surface area (Å²) in [6.45, 7) is 3.57. The van der Waals surface area contributed by atoms with Gasteiger partial charge in [0.2, 0.25) is 0 Å². The van der Waals surface area contributed by atoms with Crippen LogP contribution in [0.4, 0.5) is 11.4 Å². The number of carbonyl (C=O) groups excluding carboxylic acids is 3. The lowest BCUT2D eigenvalue weighted by atomic mass is 10.1. The summed E-state index contributed by atoms with van der Waals surface area (Å²) < 4.78 is 5.29. The summed E-state index contributed by atoms with van der Waals surface area (Å²) in [7, 11) is 0. The zero-order chi connectivity index (χ0) is 19.4. The fourth-order valence-corrected chi connectivity index (χ4v) is 2.38. The quantitative estimate of drug-likeness (QED) is 0.437. The Labute approximate surface area is 155 Å². The molecule has 0 saturated heterocycles. The van der Waals surface area contributed by atoms with Crippen LogP contribution in [0.25, 0.3) is 0 Å². The summed E-state index contributed by atoms with van der Waals surface area (Å²) in [6.07, 6.45) is 0. The number of nitrogens with zero attached hydrogens (tertiary/aromatic N) is 1. The standard InChI is InChI=1S/C19H18N4O4/c1-11-3-6-14(7-4-11)20-18(25)19(26)23-22-12(2)13-5-8-16-15(9-13)21-17(24)10-27-16/h3-9H,10H2,1-2H3,(H,20,25)(H,21,24)(H,23,26)/b22-12-. The Morgan fingerprint density at radius 2 is 1.85 bits per heavy atom. The molecular weight excluding hydrogens is 348 g/mol. The Hall–Kier alpha value is -3.68. The highest BCUT2D eigenvalue weighted by Crippen LogP contribution is 2.28. The van der Waals surface area contributed by atoms with Gasteiger partial charge in [-0.05, 0) is 49.7 Å². The minimum Gasteiger partial charge on any atom is -0.482 e. The number of fused-ring (bicyclic) bond motifs is 1. The molecule has 3 N–H and O–H groups in total. The van der Waals surface area contributed by atoms with Gasteiger partial charge in [0.15, 0.2) is 6.61 Å². The number of rotatable bonds is 3. The summed E-state index contributed by atoms with van der Waals surface area (Å²) in [6, 6.07) is 12.2. The monoisotopic (exact) mass is 366 g/mol.